The minimum absolute atomic E-state index is 0.0424. The Kier molecular flexibility index (Phi) is 6.52. The van der Waals surface area contributed by atoms with Crippen LogP contribution in [0.2, 0.25) is 0 Å². The third-order valence-corrected chi connectivity index (χ3v) is 7.28. The topological polar surface area (TPSA) is 122 Å². The van der Waals surface area contributed by atoms with Crippen molar-refractivity contribution in [1.82, 2.24) is 14.3 Å². The quantitative estimate of drug-likeness (QED) is 0.415. The van der Waals surface area contributed by atoms with Crippen LogP contribution in [0.4, 0.5) is 17.5 Å². The normalized spacial score (nSPS) is 14.8. The largest absolute Gasteiger partial charge is 0.366 e. The highest BCUT2D eigenvalue weighted by Crippen LogP contribution is 2.22. The lowest BCUT2D eigenvalue weighted by molar-refractivity contribution is -0.384. The Balaban J connectivity index is 1.42. The van der Waals surface area contributed by atoms with Gasteiger partial charge in [-0.3, -0.25) is 10.1 Å². The van der Waals surface area contributed by atoms with Gasteiger partial charge in [0.05, 0.1) is 9.82 Å². The number of aromatic nitrogens is 2. The van der Waals surface area contributed by atoms with E-state index in [1.807, 2.05) is 48.2 Å². The van der Waals surface area contributed by atoms with Gasteiger partial charge in [0, 0.05) is 56.6 Å². The van der Waals surface area contributed by atoms with Crippen molar-refractivity contribution in [1.29, 1.82) is 0 Å². The standard InChI is InChI=1S/C22H24N6O4S/c1-17-15-21(23-16-18-5-3-2-4-6-18)25-22(24-17)26-11-13-27(14-12-26)33(31,32)20-9-7-19(8-10-20)28(29)30/h2-10,15H,11-14,16H2,1H3,(H,23,24,25). The molecule has 2 heterocycles. The number of anilines is 2. The molecule has 4 rings (SSSR count). The molecular weight excluding hydrogens is 444 g/mol. The molecule has 3 aromatic rings. The van der Waals surface area contributed by atoms with Crippen LogP contribution in [0.3, 0.4) is 0 Å². The van der Waals surface area contributed by atoms with Crippen LogP contribution in [0, 0.1) is 17.0 Å². The molecule has 0 saturated carbocycles. The zero-order valence-corrected chi connectivity index (χ0v) is 18.9. The molecule has 10 nitrogen and oxygen atoms in total. The summed E-state index contributed by atoms with van der Waals surface area (Å²) in [4.78, 5) is 21.4. The molecule has 33 heavy (non-hydrogen) atoms. The number of benzene rings is 2. The van der Waals surface area contributed by atoms with E-state index in [0.717, 1.165) is 11.3 Å². The molecule has 1 aliphatic rings. The number of aryl methyl sites for hydroxylation is 1. The van der Waals surface area contributed by atoms with Crippen LogP contribution >= 0.6 is 0 Å². The maximum atomic E-state index is 12.9. The summed E-state index contributed by atoms with van der Waals surface area (Å²) in [7, 11) is -3.73. The first kappa shape index (κ1) is 22.6. The molecule has 0 aliphatic carbocycles. The smallest absolute Gasteiger partial charge is 0.269 e. The van der Waals surface area contributed by atoms with Gasteiger partial charge in [0.2, 0.25) is 16.0 Å². The number of nitro groups is 1. The highest BCUT2D eigenvalue weighted by molar-refractivity contribution is 7.89. The van der Waals surface area contributed by atoms with Gasteiger partial charge in [-0.15, -0.1) is 0 Å². The number of hydrogen-bond acceptors (Lipinski definition) is 8. The number of nitro benzene ring substituents is 1. The average Bonchev–Trinajstić information content (AvgIpc) is 2.83. The summed E-state index contributed by atoms with van der Waals surface area (Å²) in [5.74, 6) is 1.26. The number of sulfonamides is 1. The second-order valence-corrected chi connectivity index (χ2v) is 9.61. The van der Waals surface area contributed by atoms with Crippen LogP contribution < -0.4 is 10.2 Å². The third-order valence-electron chi connectivity index (χ3n) is 5.37. The predicted molar refractivity (Wildman–Crippen MR) is 125 cm³/mol. The van der Waals surface area contributed by atoms with Crippen LogP contribution in [0.15, 0.2) is 65.6 Å². The third kappa shape index (κ3) is 5.26. The van der Waals surface area contributed by atoms with Crippen LogP contribution in [0.25, 0.3) is 0 Å². The van der Waals surface area contributed by atoms with Gasteiger partial charge in [0.15, 0.2) is 0 Å². The second-order valence-electron chi connectivity index (χ2n) is 7.68. The van der Waals surface area contributed by atoms with Crippen molar-refractivity contribution in [2.45, 2.75) is 18.4 Å². The molecule has 0 radical (unpaired) electrons. The van der Waals surface area contributed by atoms with E-state index in [4.69, 9.17) is 0 Å². The molecule has 0 bridgehead atoms. The van der Waals surface area contributed by atoms with Crippen molar-refractivity contribution < 1.29 is 13.3 Å². The van der Waals surface area contributed by atoms with E-state index in [9.17, 15) is 18.5 Å². The zero-order valence-electron chi connectivity index (χ0n) is 18.1. The van der Waals surface area contributed by atoms with E-state index in [-0.39, 0.29) is 23.7 Å². The van der Waals surface area contributed by atoms with Crippen LogP contribution in [0.1, 0.15) is 11.3 Å². The van der Waals surface area contributed by atoms with E-state index in [1.165, 1.54) is 28.6 Å². The molecule has 172 valence electrons. The molecule has 1 N–H and O–H groups in total. The summed E-state index contributed by atoms with van der Waals surface area (Å²) in [6.07, 6.45) is 0. The van der Waals surface area contributed by atoms with E-state index >= 15 is 0 Å². The lowest BCUT2D eigenvalue weighted by Crippen LogP contribution is -2.49. The molecule has 0 amide bonds. The number of piperazine rings is 1. The lowest BCUT2D eigenvalue weighted by atomic mass is 10.2. The zero-order chi connectivity index (χ0) is 23.4. The summed E-state index contributed by atoms with van der Waals surface area (Å²) < 4.78 is 27.3. The first-order chi connectivity index (χ1) is 15.8. The number of non-ortho nitro benzene ring substituents is 1. The molecule has 1 fully saturated rings. The summed E-state index contributed by atoms with van der Waals surface area (Å²) in [6, 6.07) is 16.8. The molecule has 0 unspecified atom stereocenters. The van der Waals surface area contributed by atoms with E-state index in [1.54, 1.807) is 0 Å². The van der Waals surface area contributed by atoms with E-state index in [0.29, 0.717) is 31.4 Å². The number of rotatable bonds is 7. The SMILES string of the molecule is Cc1cc(NCc2ccccc2)nc(N2CCN(S(=O)(=O)c3ccc([N+](=O)[O-])cc3)CC2)n1. The predicted octanol–water partition coefficient (Wildman–Crippen LogP) is 2.82. The molecule has 1 aliphatic heterocycles. The monoisotopic (exact) mass is 468 g/mol. The summed E-state index contributed by atoms with van der Waals surface area (Å²) in [5, 5.41) is 14.1. The Morgan fingerprint density at radius 3 is 2.30 bits per heavy atom. The van der Waals surface area contributed by atoms with Crippen molar-refractivity contribution in [3.63, 3.8) is 0 Å². The van der Waals surface area contributed by atoms with E-state index in [2.05, 4.69) is 15.3 Å². The highest BCUT2D eigenvalue weighted by atomic mass is 32.2. The van der Waals surface area contributed by atoms with Crippen molar-refractivity contribution in [2.75, 3.05) is 36.4 Å². The maximum Gasteiger partial charge on any atom is 0.269 e. The molecule has 0 atom stereocenters. The van der Waals surface area contributed by atoms with Gasteiger partial charge in [-0.1, -0.05) is 30.3 Å². The number of nitrogens with zero attached hydrogens (tertiary/aromatic N) is 5. The summed E-state index contributed by atoms with van der Waals surface area (Å²) in [5.41, 5.74) is 1.81. The Labute approximate surface area is 192 Å². The molecular formula is C22H24N6O4S. The molecule has 1 saturated heterocycles. The first-order valence-corrected chi connectivity index (χ1v) is 11.9. The van der Waals surface area contributed by atoms with Gasteiger partial charge in [-0.25, -0.2) is 13.4 Å². The minimum atomic E-state index is -3.73. The average molecular weight is 469 g/mol. The van der Waals surface area contributed by atoms with Crippen LogP contribution in [-0.4, -0.2) is 53.8 Å². The van der Waals surface area contributed by atoms with Gasteiger partial charge >= 0.3 is 0 Å². The Morgan fingerprint density at radius 2 is 1.67 bits per heavy atom. The summed E-state index contributed by atoms with van der Waals surface area (Å²) in [6.45, 7) is 3.94. The molecule has 11 heteroatoms. The maximum absolute atomic E-state index is 12.9. The molecule has 2 aromatic carbocycles. The van der Waals surface area contributed by atoms with Crippen LogP contribution in [0.5, 0.6) is 0 Å². The Morgan fingerprint density at radius 1 is 1.00 bits per heavy atom. The summed E-state index contributed by atoms with van der Waals surface area (Å²) >= 11 is 0. The number of hydrogen-bond donors (Lipinski definition) is 1. The first-order valence-electron chi connectivity index (χ1n) is 10.5. The van der Waals surface area contributed by atoms with Gasteiger partial charge in [0.25, 0.3) is 5.69 Å². The molecule has 1 aromatic heterocycles. The van der Waals surface area contributed by atoms with Gasteiger partial charge < -0.3 is 10.2 Å². The Hall–Kier alpha value is -3.57. The van der Waals surface area contributed by atoms with Gasteiger partial charge in [0.1, 0.15) is 5.82 Å². The van der Waals surface area contributed by atoms with Crippen molar-refractivity contribution in [2.24, 2.45) is 0 Å². The van der Waals surface area contributed by atoms with E-state index < -0.39 is 14.9 Å². The fraction of sp³-hybridized carbons (Fsp3) is 0.273. The fourth-order valence-electron chi connectivity index (χ4n) is 3.59. The lowest BCUT2D eigenvalue weighted by Gasteiger charge is -2.34. The fourth-order valence-corrected chi connectivity index (χ4v) is 5.01. The second kappa shape index (κ2) is 9.51. The van der Waals surface area contributed by atoms with Crippen molar-refractivity contribution >= 4 is 27.5 Å². The number of nitrogens with one attached hydrogen (secondary N) is 1. The van der Waals surface area contributed by atoms with Crippen LogP contribution in [-0.2, 0) is 16.6 Å². The van der Waals surface area contributed by atoms with Crippen molar-refractivity contribution in [3.05, 3.63) is 82.0 Å². The minimum Gasteiger partial charge on any atom is -0.366 e. The van der Waals surface area contributed by atoms with Crippen molar-refractivity contribution in [3.8, 4) is 0 Å². The van der Waals surface area contributed by atoms with Gasteiger partial charge in [-0.05, 0) is 24.6 Å². The molecule has 0 spiro atoms. The highest BCUT2D eigenvalue weighted by Gasteiger charge is 2.29. The Bertz CT molecular complexity index is 1230. The van der Waals surface area contributed by atoms with Gasteiger partial charge in [-0.2, -0.15) is 9.29 Å².